The van der Waals surface area contributed by atoms with Gasteiger partial charge in [0.25, 0.3) is 0 Å². The lowest BCUT2D eigenvalue weighted by Gasteiger charge is -2.43. The zero-order valence-electron chi connectivity index (χ0n) is 10.7. The molecule has 1 saturated carbocycles. The normalized spacial score (nSPS) is 36.6. The minimum atomic E-state index is -2.99. The van der Waals surface area contributed by atoms with Crippen LogP contribution in [0.3, 0.4) is 0 Å². The number of hydrogen-bond donors (Lipinski definition) is 0. The third-order valence-electron chi connectivity index (χ3n) is 4.27. The number of sulfonamides is 1. The first-order valence-corrected chi connectivity index (χ1v) is 7.99. The Morgan fingerprint density at radius 3 is 1.81 bits per heavy atom. The molecular weight excluding hydrogens is 222 g/mol. The van der Waals surface area contributed by atoms with Crippen LogP contribution in [0.4, 0.5) is 0 Å². The van der Waals surface area contributed by atoms with Crippen molar-refractivity contribution in [3.05, 3.63) is 0 Å². The van der Waals surface area contributed by atoms with Crippen LogP contribution in [0.2, 0.25) is 0 Å². The fourth-order valence-corrected chi connectivity index (χ4v) is 4.79. The Kier molecular flexibility index (Phi) is 2.86. The second-order valence-electron chi connectivity index (χ2n) is 6.57. The van der Waals surface area contributed by atoms with Crippen molar-refractivity contribution in [1.82, 2.24) is 4.31 Å². The number of hydrogen-bond acceptors (Lipinski definition) is 2. The summed E-state index contributed by atoms with van der Waals surface area (Å²) in [4.78, 5) is 0. The highest BCUT2D eigenvalue weighted by molar-refractivity contribution is 7.88. The van der Waals surface area contributed by atoms with Crippen molar-refractivity contribution < 1.29 is 8.42 Å². The van der Waals surface area contributed by atoms with Crippen LogP contribution in [0, 0.1) is 23.2 Å². The molecule has 1 saturated heterocycles. The largest absolute Gasteiger partial charge is 0.213 e. The number of rotatable bonds is 1. The molecule has 2 rings (SSSR count). The lowest BCUT2D eigenvalue weighted by molar-refractivity contribution is 0.0753. The van der Waals surface area contributed by atoms with Gasteiger partial charge >= 0.3 is 0 Å². The molecule has 1 aliphatic heterocycles. The summed E-state index contributed by atoms with van der Waals surface area (Å²) < 4.78 is 24.9. The van der Waals surface area contributed by atoms with Gasteiger partial charge in [-0.25, -0.2) is 12.7 Å². The molecule has 94 valence electrons. The minimum absolute atomic E-state index is 0.315. The van der Waals surface area contributed by atoms with Crippen LogP contribution in [-0.4, -0.2) is 32.1 Å². The highest BCUT2D eigenvalue weighted by Gasteiger charge is 2.48. The average molecular weight is 245 g/mol. The molecule has 0 aromatic rings. The molecule has 0 amide bonds. The van der Waals surface area contributed by atoms with Crippen molar-refractivity contribution in [1.29, 1.82) is 0 Å². The van der Waals surface area contributed by atoms with Crippen molar-refractivity contribution in [3.8, 4) is 0 Å². The third-order valence-corrected chi connectivity index (χ3v) is 5.51. The summed E-state index contributed by atoms with van der Waals surface area (Å²) >= 11 is 0. The molecule has 2 atom stereocenters. The smallest absolute Gasteiger partial charge is 0.211 e. The van der Waals surface area contributed by atoms with E-state index >= 15 is 0 Å². The highest BCUT2D eigenvalue weighted by Crippen LogP contribution is 2.50. The van der Waals surface area contributed by atoms with Gasteiger partial charge in [0.05, 0.1) is 6.26 Å². The van der Waals surface area contributed by atoms with E-state index in [1.165, 1.54) is 19.1 Å². The minimum Gasteiger partial charge on any atom is -0.213 e. The maximum atomic E-state index is 11.6. The molecule has 0 N–H and O–H groups in total. The van der Waals surface area contributed by atoms with Crippen LogP contribution in [-0.2, 0) is 10.0 Å². The molecule has 0 radical (unpaired) electrons. The van der Waals surface area contributed by atoms with Gasteiger partial charge in [0.2, 0.25) is 10.0 Å². The Hall–Kier alpha value is -0.0900. The Balaban J connectivity index is 2.19. The lowest BCUT2D eigenvalue weighted by atomic mass is 9.69. The number of nitrogens with zero attached hydrogens (tertiary/aromatic N) is 1. The summed E-state index contributed by atoms with van der Waals surface area (Å²) in [5, 5.41) is 0. The lowest BCUT2D eigenvalue weighted by Crippen LogP contribution is -2.48. The second kappa shape index (κ2) is 3.70. The molecule has 0 aromatic heterocycles. The molecule has 4 heteroatoms. The molecule has 0 spiro atoms. The van der Waals surface area contributed by atoms with Gasteiger partial charge in [-0.15, -0.1) is 0 Å². The molecule has 2 aliphatic rings. The second-order valence-corrected chi connectivity index (χ2v) is 8.55. The maximum absolute atomic E-state index is 11.6. The van der Waals surface area contributed by atoms with Crippen molar-refractivity contribution >= 4 is 10.0 Å². The summed E-state index contributed by atoms with van der Waals surface area (Å²) in [6.07, 6.45) is 3.75. The average Bonchev–Trinajstić information content (AvgIpc) is 2.35. The van der Waals surface area contributed by atoms with Crippen molar-refractivity contribution in [2.75, 3.05) is 19.3 Å². The molecular formula is C12H23NO2S. The molecule has 0 aromatic carbocycles. The van der Waals surface area contributed by atoms with Crippen LogP contribution >= 0.6 is 0 Å². The first-order chi connectivity index (χ1) is 7.19. The molecule has 2 bridgehead atoms. The van der Waals surface area contributed by atoms with E-state index in [2.05, 4.69) is 20.8 Å². The number of piperidine rings is 1. The molecule has 16 heavy (non-hydrogen) atoms. The predicted molar refractivity (Wildman–Crippen MR) is 65.6 cm³/mol. The van der Waals surface area contributed by atoms with E-state index in [9.17, 15) is 8.42 Å². The van der Waals surface area contributed by atoms with Crippen LogP contribution in [0.5, 0.6) is 0 Å². The maximum Gasteiger partial charge on any atom is 0.211 e. The Morgan fingerprint density at radius 1 is 1.06 bits per heavy atom. The van der Waals surface area contributed by atoms with Crippen molar-refractivity contribution in [3.63, 3.8) is 0 Å². The van der Waals surface area contributed by atoms with E-state index in [0.29, 0.717) is 23.2 Å². The topological polar surface area (TPSA) is 37.4 Å². The van der Waals surface area contributed by atoms with Crippen molar-refractivity contribution in [2.24, 2.45) is 23.2 Å². The van der Waals surface area contributed by atoms with Crippen LogP contribution in [0.1, 0.15) is 33.6 Å². The fraction of sp³-hybridized carbons (Fsp3) is 1.00. The van der Waals surface area contributed by atoms with Gasteiger partial charge < -0.3 is 0 Å². The summed E-state index contributed by atoms with van der Waals surface area (Å²) in [5.41, 5.74) is 0.315. The van der Waals surface area contributed by atoms with Crippen LogP contribution < -0.4 is 0 Å². The van der Waals surface area contributed by atoms with Gasteiger partial charge in [0, 0.05) is 13.1 Å². The molecule has 1 heterocycles. The van der Waals surface area contributed by atoms with E-state index < -0.39 is 10.0 Å². The molecule has 1 aliphatic carbocycles. The van der Waals surface area contributed by atoms with Gasteiger partial charge in [-0.05, 0) is 36.0 Å². The van der Waals surface area contributed by atoms with Gasteiger partial charge in [0.15, 0.2) is 0 Å². The first-order valence-electron chi connectivity index (χ1n) is 6.14. The summed E-state index contributed by atoms with van der Waals surface area (Å²) in [7, 11) is -2.99. The number of fused-ring (bicyclic) bond motifs is 2. The molecule has 2 fully saturated rings. The van der Waals surface area contributed by atoms with E-state index in [4.69, 9.17) is 0 Å². The quantitative estimate of drug-likeness (QED) is 0.708. The standard InChI is InChI=1S/C12H23NO2S/c1-12(2,3)11-9-5-6-10(11)8-13(7-9)16(4,14)15/h9-11H,5-8H2,1-4H3. The van der Waals surface area contributed by atoms with Crippen LogP contribution in [0.15, 0.2) is 0 Å². The fourth-order valence-electron chi connectivity index (χ4n) is 3.86. The Labute approximate surface area is 99.3 Å². The van der Waals surface area contributed by atoms with E-state index in [1.54, 1.807) is 4.31 Å². The molecule has 3 nitrogen and oxygen atoms in total. The SMILES string of the molecule is CC(C)(C)C1C2CCC1CN(S(C)(=O)=O)C2. The van der Waals surface area contributed by atoms with E-state index in [-0.39, 0.29) is 0 Å². The summed E-state index contributed by atoms with van der Waals surface area (Å²) in [6, 6.07) is 0. The first kappa shape index (κ1) is 12.4. The Bertz CT molecular complexity index is 355. The zero-order valence-corrected chi connectivity index (χ0v) is 11.5. The van der Waals surface area contributed by atoms with Gasteiger partial charge in [0.1, 0.15) is 0 Å². The van der Waals surface area contributed by atoms with Crippen LogP contribution in [0.25, 0.3) is 0 Å². The summed E-state index contributed by atoms with van der Waals surface area (Å²) in [6.45, 7) is 8.37. The van der Waals surface area contributed by atoms with Gasteiger partial charge in [-0.3, -0.25) is 0 Å². The Morgan fingerprint density at radius 2 is 1.50 bits per heavy atom. The van der Waals surface area contributed by atoms with Crippen molar-refractivity contribution in [2.45, 2.75) is 33.6 Å². The third kappa shape index (κ3) is 2.14. The monoisotopic (exact) mass is 245 g/mol. The predicted octanol–water partition coefficient (Wildman–Crippen LogP) is 1.95. The highest BCUT2D eigenvalue weighted by atomic mass is 32.2. The molecule has 2 unspecified atom stereocenters. The zero-order chi connectivity index (χ0) is 12.1. The van der Waals surface area contributed by atoms with Gasteiger partial charge in [-0.1, -0.05) is 20.8 Å². The van der Waals surface area contributed by atoms with Gasteiger partial charge in [-0.2, -0.15) is 0 Å². The van der Waals surface area contributed by atoms with E-state index in [0.717, 1.165) is 13.1 Å². The summed E-state index contributed by atoms with van der Waals surface area (Å²) in [5.74, 6) is 1.85. The van der Waals surface area contributed by atoms with E-state index in [1.807, 2.05) is 0 Å².